The molecular weight excluding hydrogens is 523 g/mol. The van der Waals surface area contributed by atoms with Crippen molar-refractivity contribution in [1.82, 2.24) is 14.8 Å². The van der Waals surface area contributed by atoms with E-state index in [1.54, 1.807) is 0 Å². The van der Waals surface area contributed by atoms with Crippen LogP contribution in [0.3, 0.4) is 0 Å². The van der Waals surface area contributed by atoms with Crippen LogP contribution in [-0.2, 0) is 20.1 Å². The topological polar surface area (TPSA) is 30.7 Å². The number of para-hydroxylation sites is 1. The molecule has 0 spiro atoms. The van der Waals surface area contributed by atoms with E-state index in [1.165, 1.54) is 22.3 Å². The van der Waals surface area contributed by atoms with Gasteiger partial charge in [-0.15, -0.1) is 41.0 Å². The maximum Gasteiger partial charge on any atom is 0.159 e. The molecule has 4 heteroatoms. The van der Waals surface area contributed by atoms with Crippen LogP contribution < -0.4 is 0 Å². The Labute approximate surface area is 179 Å². The predicted molar refractivity (Wildman–Crippen MR) is 110 cm³/mol. The van der Waals surface area contributed by atoms with Gasteiger partial charge >= 0.3 is 0 Å². The Morgan fingerprint density at radius 3 is 2.04 bits per heavy atom. The maximum atomic E-state index is 4.62. The molecule has 0 amide bonds. The molecule has 0 N–H and O–H groups in total. The van der Waals surface area contributed by atoms with Gasteiger partial charge in [0.05, 0.1) is 5.82 Å². The summed E-state index contributed by atoms with van der Waals surface area (Å²) in [7, 11) is 0. The first kappa shape index (κ1) is 20.2. The van der Waals surface area contributed by atoms with Crippen molar-refractivity contribution >= 4 is 0 Å². The minimum absolute atomic E-state index is 0. The van der Waals surface area contributed by atoms with E-state index in [0.29, 0.717) is 0 Å². The fourth-order valence-electron chi connectivity index (χ4n) is 3.53. The molecule has 0 bridgehead atoms. The van der Waals surface area contributed by atoms with Crippen molar-refractivity contribution in [2.75, 3.05) is 0 Å². The van der Waals surface area contributed by atoms with Crippen molar-refractivity contribution in [1.29, 1.82) is 0 Å². The zero-order valence-corrected chi connectivity index (χ0v) is 18.8. The first-order valence-corrected chi connectivity index (χ1v) is 9.13. The van der Waals surface area contributed by atoms with Gasteiger partial charge in [-0.3, -0.25) is 0 Å². The van der Waals surface area contributed by atoms with E-state index >= 15 is 0 Å². The van der Waals surface area contributed by atoms with Crippen LogP contribution in [0.1, 0.15) is 22.3 Å². The quantitative estimate of drug-likeness (QED) is 0.313. The number of aromatic nitrogens is 3. The van der Waals surface area contributed by atoms with Crippen molar-refractivity contribution in [2.45, 2.75) is 27.7 Å². The third-order valence-electron chi connectivity index (χ3n) is 5.12. The summed E-state index contributed by atoms with van der Waals surface area (Å²) in [4.78, 5) is 0. The van der Waals surface area contributed by atoms with Gasteiger partial charge in [-0.1, -0.05) is 36.4 Å². The zero-order valence-electron chi connectivity index (χ0n) is 16.4. The molecule has 28 heavy (non-hydrogen) atoms. The maximum absolute atomic E-state index is 4.62. The number of hydrogen-bond acceptors (Lipinski definition) is 2. The van der Waals surface area contributed by atoms with E-state index in [9.17, 15) is 0 Å². The normalized spacial score (nSPS) is 10.6. The molecule has 0 atom stereocenters. The van der Waals surface area contributed by atoms with Gasteiger partial charge in [0.25, 0.3) is 0 Å². The molecule has 0 aliphatic carbocycles. The van der Waals surface area contributed by atoms with Crippen LogP contribution in [0.15, 0.2) is 60.7 Å². The molecule has 0 aliphatic heterocycles. The average molecular weight is 545 g/mol. The molecule has 4 rings (SSSR count). The Morgan fingerprint density at radius 2 is 1.36 bits per heavy atom. The van der Waals surface area contributed by atoms with E-state index in [-0.39, 0.29) is 20.1 Å². The summed E-state index contributed by atoms with van der Waals surface area (Å²) in [5.41, 5.74) is 8.02. The van der Waals surface area contributed by atoms with Crippen LogP contribution in [0.4, 0.5) is 0 Å². The summed E-state index contributed by atoms with van der Waals surface area (Å²) in [5, 5.41) is 9.19. The van der Waals surface area contributed by atoms with Gasteiger partial charge in [0.2, 0.25) is 0 Å². The second-order valence-corrected chi connectivity index (χ2v) is 6.95. The van der Waals surface area contributed by atoms with Gasteiger partial charge in [0.1, 0.15) is 0 Å². The van der Waals surface area contributed by atoms with Crippen molar-refractivity contribution < 1.29 is 20.1 Å². The molecule has 0 saturated heterocycles. The third kappa shape index (κ3) is 3.46. The third-order valence-corrected chi connectivity index (χ3v) is 5.12. The number of rotatable bonds is 3. The van der Waals surface area contributed by atoms with Gasteiger partial charge in [0.15, 0.2) is 5.82 Å². The molecule has 0 fully saturated rings. The van der Waals surface area contributed by atoms with Crippen molar-refractivity contribution in [3.63, 3.8) is 0 Å². The van der Waals surface area contributed by atoms with Crippen LogP contribution in [0, 0.1) is 33.8 Å². The van der Waals surface area contributed by atoms with Gasteiger partial charge in [-0.2, -0.15) is 5.10 Å². The van der Waals surface area contributed by atoms with Crippen molar-refractivity contribution in [3.8, 4) is 28.5 Å². The Kier molecular flexibility index (Phi) is 5.93. The van der Waals surface area contributed by atoms with Crippen LogP contribution >= 0.6 is 0 Å². The summed E-state index contributed by atoms with van der Waals surface area (Å²) >= 11 is 0. The monoisotopic (exact) mass is 545 g/mol. The molecule has 143 valence electrons. The van der Waals surface area contributed by atoms with Gasteiger partial charge in [-0.25, -0.2) is 0 Å². The van der Waals surface area contributed by atoms with Gasteiger partial charge < -0.3 is 4.57 Å². The predicted octanol–water partition coefficient (Wildman–Crippen LogP) is 5.63. The number of hydrogen-bond donors (Lipinski definition) is 0. The van der Waals surface area contributed by atoms with Crippen LogP contribution in [-0.4, -0.2) is 14.8 Å². The molecule has 1 radical (unpaired) electrons. The smallest absolute Gasteiger partial charge is 0.159 e. The Hall–Kier alpha value is -2.55. The number of nitrogens with zero attached hydrogens (tertiary/aromatic N) is 3. The van der Waals surface area contributed by atoms with E-state index in [2.05, 4.69) is 84.9 Å². The van der Waals surface area contributed by atoms with Crippen LogP contribution in [0.25, 0.3) is 28.5 Å². The van der Waals surface area contributed by atoms with Gasteiger partial charge in [0, 0.05) is 31.4 Å². The molecule has 3 nitrogen and oxygen atoms in total. The van der Waals surface area contributed by atoms with Crippen molar-refractivity contribution in [2.24, 2.45) is 0 Å². The molecule has 1 aromatic heterocycles. The summed E-state index contributed by atoms with van der Waals surface area (Å²) < 4.78 is 2.18. The second-order valence-electron chi connectivity index (χ2n) is 6.95. The average Bonchev–Trinajstić information content (AvgIpc) is 3.09. The van der Waals surface area contributed by atoms with E-state index in [0.717, 1.165) is 28.5 Å². The summed E-state index contributed by atoms with van der Waals surface area (Å²) in [6.45, 7) is 8.54. The molecular formula is C24H22IrN3-. The fourth-order valence-corrected chi connectivity index (χ4v) is 3.53. The fraction of sp³-hybridized carbons (Fsp3) is 0.167. The Balaban J connectivity index is 0.00000225. The minimum atomic E-state index is 0. The van der Waals surface area contributed by atoms with E-state index in [4.69, 9.17) is 0 Å². The second kappa shape index (κ2) is 8.22. The molecule has 4 aromatic rings. The summed E-state index contributed by atoms with van der Waals surface area (Å²) in [6, 6.07) is 23.9. The van der Waals surface area contributed by atoms with Crippen LogP contribution in [0.2, 0.25) is 0 Å². The Bertz CT molecular complexity index is 1090. The Morgan fingerprint density at radius 1 is 0.714 bits per heavy atom. The molecule has 1 heterocycles. The zero-order chi connectivity index (χ0) is 19.0. The molecule has 0 saturated carbocycles. The SMILES string of the molecule is Cc1cccc(-c2nnc(-c3[c-]cccc3)n2-c2c(C)cccc2C)c1C.[Ir]. The first-order chi connectivity index (χ1) is 13.1. The number of benzene rings is 3. The molecule has 0 unspecified atom stereocenters. The summed E-state index contributed by atoms with van der Waals surface area (Å²) in [6.07, 6.45) is 0. The largest absolute Gasteiger partial charge is 0.316 e. The minimum Gasteiger partial charge on any atom is -0.316 e. The van der Waals surface area contributed by atoms with Gasteiger partial charge in [-0.05, 0) is 49.9 Å². The van der Waals surface area contributed by atoms with Crippen LogP contribution in [0.5, 0.6) is 0 Å². The molecule has 0 aliphatic rings. The van der Waals surface area contributed by atoms with Crippen molar-refractivity contribution in [3.05, 3.63) is 89.0 Å². The van der Waals surface area contributed by atoms with E-state index in [1.807, 2.05) is 24.3 Å². The number of aryl methyl sites for hydroxylation is 3. The van der Waals surface area contributed by atoms with E-state index < -0.39 is 0 Å². The molecule has 3 aromatic carbocycles. The summed E-state index contributed by atoms with van der Waals surface area (Å²) in [5.74, 6) is 1.67. The first-order valence-electron chi connectivity index (χ1n) is 9.13. The standard InChI is InChI=1S/C24H22N3.Ir/c1-16-10-9-15-21(19(16)4)24-26-25-23(20-13-6-5-7-14-20)27(24)22-17(2)11-8-12-18(22)3;/h5-13,15H,1-4H3;/q-1;.